The van der Waals surface area contributed by atoms with Gasteiger partial charge in [-0.25, -0.2) is 4.98 Å². The fraction of sp³-hybridized carbons (Fsp3) is 0.250. The summed E-state index contributed by atoms with van der Waals surface area (Å²) in [6.07, 6.45) is 0.832. The third kappa shape index (κ3) is 4.86. The number of hydrogen-bond donors (Lipinski definition) is 2. The number of hydrogen-bond acceptors (Lipinski definition) is 3. The molecule has 4 rings (SSSR count). The summed E-state index contributed by atoms with van der Waals surface area (Å²) in [5, 5.41) is 6.13. The molecule has 0 fully saturated rings. The quantitative estimate of drug-likeness (QED) is 0.395. The minimum Gasteiger partial charge on any atom is -0.342 e. The second kappa shape index (κ2) is 9.91. The van der Waals surface area contributed by atoms with E-state index in [4.69, 9.17) is 4.98 Å². The number of amides is 2. The number of aryl methyl sites for hydroxylation is 3. The van der Waals surface area contributed by atoms with Gasteiger partial charge in [-0.15, -0.1) is 0 Å². The van der Waals surface area contributed by atoms with Gasteiger partial charge in [-0.1, -0.05) is 55.0 Å². The van der Waals surface area contributed by atoms with Gasteiger partial charge >= 0.3 is 0 Å². The van der Waals surface area contributed by atoms with Gasteiger partial charge in [0.2, 0.25) is 5.91 Å². The predicted octanol–water partition coefficient (Wildman–Crippen LogP) is 5.35. The van der Waals surface area contributed by atoms with Gasteiger partial charge < -0.3 is 15.2 Å². The summed E-state index contributed by atoms with van der Waals surface area (Å²) < 4.78 is 1.88. The van der Waals surface area contributed by atoms with E-state index in [9.17, 15) is 9.59 Å². The average Bonchev–Trinajstić information content (AvgIpc) is 3.19. The van der Waals surface area contributed by atoms with Crippen molar-refractivity contribution < 1.29 is 9.59 Å². The molecule has 0 unspecified atom stereocenters. The Balaban J connectivity index is 1.61. The molecule has 0 radical (unpaired) electrons. The Morgan fingerprint density at radius 1 is 0.971 bits per heavy atom. The fourth-order valence-corrected chi connectivity index (χ4v) is 4.16. The van der Waals surface area contributed by atoms with E-state index >= 15 is 0 Å². The van der Waals surface area contributed by atoms with E-state index in [-0.39, 0.29) is 18.4 Å². The highest BCUT2D eigenvalue weighted by Gasteiger charge is 2.21. The summed E-state index contributed by atoms with van der Waals surface area (Å²) in [4.78, 5) is 30.7. The summed E-state index contributed by atoms with van der Waals surface area (Å²) in [6, 6.07) is 20.8. The van der Waals surface area contributed by atoms with Crippen LogP contribution in [0.5, 0.6) is 0 Å². The highest BCUT2D eigenvalue weighted by molar-refractivity contribution is 5.95. The number of nitrogens with zero attached hydrogens (tertiary/aromatic N) is 2. The number of imidazole rings is 1. The molecule has 1 aromatic heterocycles. The first-order valence-electron chi connectivity index (χ1n) is 11.6. The number of carbonyl (C=O) groups excluding carboxylic acids is 2. The lowest BCUT2D eigenvalue weighted by Gasteiger charge is -2.17. The Labute approximate surface area is 200 Å². The highest BCUT2D eigenvalue weighted by Crippen LogP contribution is 2.24. The van der Waals surface area contributed by atoms with Crippen molar-refractivity contribution in [3.63, 3.8) is 0 Å². The van der Waals surface area contributed by atoms with Gasteiger partial charge in [0.05, 0.1) is 17.1 Å². The van der Waals surface area contributed by atoms with Crippen molar-refractivity contribution in [2.45, 2.75) is 46.7 Å². The molecule has 6 heteroatoms. The van der Waals surface area contributed by atoms with Gasteiger partial charge in [0.25, 0.3) is 5.91 Å². The van der Waals surface area contributed by atoms with Crippen LogP contribution in [0.1, 0.15) is 52.8 Å². The van der Waals surface area contributed by atoms with Gasteiger partial charge in [0, 0.05) is 11.3 Å². The van der Waals surface area contributed by atoms with Crippen molar-refractivity contribution in [1.29, 1.82) is 0 Å². The van der Waals surface area contributed by atoms with Crippen molar-refractivity contribution in [2.75, 3.05) is 5.32 Å². The average molecular weight is 455 g/mol. The highest BCUT2D eigenvalue weighted by atomic mass is 16.2. The molecule has 0 bridgehead atoms. The van der Waals surface area contributed by atoms with Crippen LogP contribution in [-0.4, -0.2) is 21.4 Å². The summed E-state index contributed by atoms with van der Waals surface area (Å²) in [7, 11) is 0. The molecule has 2 amide bonds. The van der Waals surface area contributed by atoms with Crippen LogP contribution in [0.3, 0.4) is 0 Å². The molecule has 0 saturated heterocycles. The van der Waals surface area contributed by atoms with Crippen molar-refractivity contribution in [3.05, 3.63) is 94.8 Å². The molecule has 0 aliphatic rings. The largest absolute Gasteiger partial charge is 0.342 e. The number of carbonyl (C=O) groups is 2. The first-order chi connectivity index (χ1) is 16.4. The number of para-hydroxylation sites is 3. The molecule has 174 valence electrons. The maximum absolute atomic E-state index is 13.1. The Morgan fingerprint density at radius 3 is 2.44 bits per heavy atom. The normalized spacial score (nSPS) is 11.9. The second-order valence-corrected chi connectivity index (χ2v) is 8.62. The lowest BCUT2D eigenvalue weighted by atomic mass is 10.1. The number of benzene rings is 3. The minimum atomic E-state index is -0.390. The van der Waals surface area contributed by atoms with E-state index in [1.54, 1.807) is 12.1 Å². The zero-order valence-corrected chi connectivity index (χ0v) is 20.1. The minimum absolute atomic E-state index is 0.0953. The van der Waals surface area contributed by atoms with Crippen molar-refractivity contribution >= 4 is 28.5 Å². The summed E-state index contributed by atoms with van der Waals surface area (Å²) >= 11 is 0. The van der Waals surface area contributed by atoms with E-state index in [0.717, 1.165) is 39.8 Å². The number of fused-ring (bicyclic) bond motifs is 1. The maximum atomic E-state index is 13.1. The fourth-order valence-electron chi connectivity index (χ4n) is 4.16. The molecule has 2 N–H and O–H groups in total. The van der Waals surface area contributed by atoms with Crippen molar-refractivity contribution in [1.82, 2.24) is 14.9 Å². The van der Waals surface area contributed by atoms with Crippen LogP contribution in [0, 0.1) is 13.8 Å². The predicted molar refractivity (Wildman–Crippen MR) is 136 cm³/mol. The molecule has 34 heavy (non-hydrogen) atoms. The third-order valence-corrected chi connectivity index (χ3v) is 6.04. The van der Waals surface area contributed by atoms with Crippen molar-refractivity contribution in [2.24, 2.45) is 0 Å². The molecule has 0 aliphatic carbocycles. The van der Waals surface area contributed by atoms with Gasteiger partial charge in [0.15, 0.2) is 0 Å². The van der Waals surface area contributed by atoms with Crippen LogP contribution in [0.25, 0.3) is 11.0 Å². The Kier molecular flexibility index (Phi) is 6.77. The monoisotopic (exact) mass is 454 g/mol. The third-order valence-electron chi connectivity index (χ3n) is 6.04. The van der Waals surface area contributed by atoms with E-state index in [0.29, 0.717) is 11.4 Å². The standard InChI is InChI=1S/C28H30N4O2/c1-5-21-10-8-9-19(3)26(21)31-25(33)17-32-24-12-7-6-11-23(24)30-27(32)20(4)29-28(34)22-15-13-18(2)14-16-22/h6-16,20H,5,17H2,1-4H3,(H,29,34)(H,31,33)/t20-/m0/s1. The van der Waals surface area contributed by atoms with Crippen LogP contribution in [0.15, 0.2) is 66.7 Å². The molecule has 3 aromatic carbocycles. The molecule has 4 aromatic rings. The molecule has 0 saturated carbocycles. The van der Waals surface area contributed by atoms with E-state index in [1.807, 2.05) is 79.9 Å². The van der Waals surface area contributed by atoms with Crippen LogP contribution in [0.2, 0.25) is 0 Å². The zero-order chi connectivity index (χ0) is 24.2. The van der Waals surface area contributed by atoms with E-state index in [2.05, 4.69) is 17.6 Å². The topological polar surface area (TPSA) is 76.0 Å². The smallest absolute Gasteiger partial charge is 0.251 e. The van der Waals surface area contributed by atoms with Gasteiger partial charge in [-0.2, -0.15) is 0 Å². The Morgan fingerprint density at radius 2 is 1.71 bits per heavy atom. The van der Waals surface area contributed by atoms with Gasteiger partial charge in [-0.05, 0) is 62.6 Å². The Bertz CT molecular complexity index is 1340. The Hall–Kier alpha value is -3.93. The number of rotatable bonds is 7. The first kappa shape index (κ1) is 23.2. The number of nitrogens with one attached hydrogen (secondary N) is 2. The molecule has 0 spiro atoms. The summed E-state index contributed by atoms with van der Waals surface area (Å²) in [6.45, 7) is 8.04. The van der Waals surface area contributed by atoms with Crippen LogP contribution < -0.4 is 10.6 Å². The molecule has 1 heterocycles. The van der Waals surface area contributed by atoms with Crippen LogP contribution >= 0.6 is 0 Å². The maximum Gasteiger partial charge on any atom is 0.251 e. The second-order valence-electron chi connectivity index (χ2n) is 8.62. The molecule has 0 aliphatic heterocycles. The van der Waals surface area contributed by atoms with Crippen LogP contribution in [0.4, 0.5) is 5.69 Å². The number of aromatic nitrogens is 2. The van der Waals surface area contributed by atoms with E-state index < -0.39 is 6.04 Å². The molecule has 6 nitrogen and oxygen atoms in total. The molecular weight excluding hydrogens is 424 g/mol. The summed E-state index contributed by atoms with van der Waals surface area (Å²) in [5.41, 5.74) is 6.31. The van der Waals surface area contributed by atoms with Gasteiger partial charge in [-0.3, -0.25) is 9.59 Å². The van der Waals surface area contributed by atoms with Gasteiger partial charge in [0.1, 0.15) is 12.4 Å². The lowest BCUT2D eigenvalue weighted by molar-refractivity contribution is -0.116. The lowest BCUT2D eigenvalue weighted by Crippen LogP contribution is -2.30. The molecular formula is C28H30N4O2. The zero-order valence-electron chi connectivity index (χ0n) is 20.1. The van der Waals surface area contributed by atoms with E-state index in [1.165, 1.54) is 0 Å². The van der Waals surface area contributed by atoms with Crippen LogP contribution in [-0.2, 0) is 17.8 Å². The first-order valence-corrected chi connectivity index (χ1v) is 11.6. The van der Waals surface area contributed by atoms with Crippen molar-refractivity contribution in [3.8, 4) is 0 Å². The SMILES string of the molecule is CCc1cccc(C)c1NC(=O)Cn1c([C@H](C)NC(=O)c2ccc(C)cc2)nc2ccccc21. The molecule has 1 atom stereocenters. The number of anilines is 1. The summed E-state index contributed by atoms with van der Waals surface area (Å²) in [5.74, 6) is 0.325.